The minimum Gasteiger partial charge on any atom is -0.481 e. The molecular weight excluding hydrogens is 329 g/mol. The number of rotatable bonds is 6. The van der Waals surface area contributed by atoms with Crippen molar-refractivity contribution in [2.24, 2.45) is 11.8 Å². The number of hydrogen-bond acceptors (Lipinski definition) is 2. The van der Waals surface area contributed by atoms with Crippen LogP contribution in [-0.2, 0) is 16.0 Å². The molecule has 20 heavy (non-hydrogen) atoms. The number of nitrogens with one attached hydrogen (secondary N) is 1. The van der Waals surface area contributed by atoms with Gasteiger partial charge in [0.15, 0.2) is 0 Å². The van der Waals surface area contributed by atoms with Gasteiger partial charge in [-0.3, -0.25) is 9.59 Å². The van der Waals surface area contributed by atoms with Crippen LogP contribution in [0.15, 0.2) is 22.7 Å². The maximum atomic E-state index is 13.1. The van der Waals surface area contributed by atoms with Crippen molar-refractivity contribution in [3.63, 3.8) is 0 Å². The maximum absolute atomic E-state index is 13.1. The van der Waals surface area contributed by atoms with E-state index in [0.29, 0.717) is 10.9 Å². The second-order valence-corrected chi connectivity index (χ2v) is 5.69. The standard InChI is InChI=1S/C14H17BrFNO3/c1-8(13(18)17-7-9(2)14(19)20)5-10-3-4-12(16)11(15)6-10/h3-4,6,8-9H,5,7H2,1-2H3,(H,17,18)(H,19,20). The van der Waals surface area contributed by atoms with E-state index in [2.05, 4.69) is 21.2 Å². The van der Waals surface area contributed by atoms with Crippen LogP contribution in [0.5, 0.6) is 0 Å². The van der Waals surface area contributed by atoms with E-state index in [4.69, 9.17) is 5.11 Å². The van der Waals surface area contributed by atoms with Crippen molar-refractivity contribution in [1.29, 1.82) is 0 Å². The van der Waals surface area contributed by atoms with Gasteiger partial charge in [-0.1, -0.05) is 19.9 Å². The Bertz CT molecular complexity index is 507. The van der Waals surface area contributed by atoms with Crippen LogP contribution in [0, 0.1) is 17.7 Å². The van der Waals surface area contributed by atoms with Crippen molar-refractivity contribution in [3.8, 4) is 0 Å². The van der Waals surface area contributed by atoms with Gasteiger partial charge in [-0.25, -0.2) is 4.39 Å². The highest BCUT2D eigenvalue weighted by Crippen LogP contribution is 2.19. The molecule has 0 saturated heterocycles. The van der Waals surface area contributed by atoms with Crippen LogP contribution < -0.4 is 5.32 Å². The molecule has 1 rings (SSSR count). The molecule has 0 aliphatic rings. The lowest BCUT2D eigenvalue weighted by Gasteiger charge is -2.14. The smallest absolute Gasteiger partial charge is 0.308 e. The molecule has 1 aromatic rings. The summed E-state index contributed by atoms with van der Waals surface area (Å²) in [5, 5.41) is 11.3. The maximum Gasteiger partial charge on any atom is 0.308 e. The third kappa shape index (κ3) is 4.92. The van der Waals surface area contributed by atoms with E-state index in [9.17, 15) is 14.0 Å². The number of carboxylic acids is 1. The highest BCUT2D eigenvalue weighted by Gasteiger charge is 2.17. The first-order chi connectivity index (χ1) is 9.31. The van der Waals surface area contributed by atoms with E-state index >= 15 is 0 Å². The van der Waals surface area contributed by atoms with Crippen LogP contribution in [0.25, 0.3) is 0 Å². The molecule has 0 aliphatic heterocycles. The Hall–Kier alpha value is -1.43. The molecule has 0 radical (unpaired) electrons. The Morgan fingerprint density at radius 3 is 2.55 bits per heavy atom. The quantitative estimate of drug-likeness (QED) is 0.832. The molecule has 0 saturated carbocycles. The highest BCUT2D eigenvalue weighted by atomic mass is 79.9. The summed E-state index contributed by atoms with van der Waals surface area (Å²) in [6, 6.07) is 4.61. The normalized spacial score (nSPS) is 13.6. The van der Waals surface area contributed by atoms with Crippen LogP contribution in [0.1, 0.15) is 19.4 Å². The molecule has 2 atom stereocenters. The monoisotopic (exact) mass is 345 g/mol. The molecule has 1 aromatic carbocycles. The zero-order valence-electron chi connectivity index (χ0n) is 11.3. The summed E-state index contributed by atoms with van der Waals surface area (Å²) in [6.07, 6.45) is 0.464. The molecule has 0 heterocycles. The van der Waals surface area contributed by atoms with Gasteiger partial charge in [-0.05, 0) is 40.0 Å². The molecule has 0 fully saturated rings. The van der Waals surface area contributed by atoms with E-state index in [0.717, 1.165) is 5.56 Å². The first-order valence-corrected chi connectivity index (χ1v) is 7.05. The largest absolute Gasteiger partial charge is 0.481 e. The van der Waals surface area contributed by atoms with Gasteiger partial charge in [0.05, 0.1) is 10.4 Å². The Kier molecular flexibility index (Phi) is 6.13. The molecule has 4 nitrogen and oxygen atoms in total. The predicted molar refractivity (Wildman–Crippen MR) is 76.8 cm³/mol. The minimum atomic E-state index is -0.944. The van der Waals surface area contributed by atoms with Crippen LogP contribution in [-0.4, -0.2) is 23.5 Å². The van der Waals surface area contributed by atoms with Gasteiger partial charge in [-0.15, -0.1) is 0 Å². The topological polar surface area (TPSA) is 66.4 Å². The second kappa shape index (κ2) is 7.38. The van der Waals surface area contributed by atoms with Crippen molar-refractivity contribution in [3.05, 3.63) is 34.1 Å². The zero-order chi connectivity index (χ0) is 15.3. The summed E-state index contributed by atoms with van der Waals surface area (Å²) in [4.78, 5) is 22.5. The van der Waals surface area contributed by atoms with Crippen molar-refractivity contribution >= 4 is 27.8 Å². The van der Waals surface area contributed by atoms with Crippen molar-refractivity contribution in [2.45, 2.75) is 20.3 Å². The van der Waals surface area contributed by atoms with Gasteiger partial charge < -0.3 is 10.4 Å². The number of benzene rings is 1. The lowest BCUT2D eigenvalue weighted by molar-refractivity contribution is -0.141. The van der Waals surface area contributed by atoms with Crippen molar-refractivity contribution in [1.82, 2.24) is 5.32 Å². The summed E-state index contributed by atoms with van der Waals surface area (Å²) >= 11 is 3.10. The third-order valence-electron chi connectivity index (χ3n) is 2.98. The van der Waals surface area contributed by atoms with Crippen molar-refractivity contribution < 1.29 is 19.1 Å². The van der Waals surface area contributed by atoms with Crippen molar-refractivity contribution in [2.75, 3.05) is 6.54 Å². The molecule has 6 heteroatoms. The fourth-order valence-electron chi connectivity index (χ4n) is 1.63. The molecule has 2 N–H and O–H groups in total. The number of halogens is 2. The van der Waals surface area contributed by atoms with E-state index in [-0.39, 0.29) is 24.2 Å². The molecule has 110 valence electrons. The molecular formula is C14H17BrFNO3. The van der Waals surface area contributed by atoms with Crippen LogP contribution >= 0.6 is 15.9 Å². The molecule has 0 aromatic heterocycles. The lowest BCUT2D eigenvalue weighted by Crippen LogP contribution is -2.35. The highest BCUT2D eigenvalue weighted by molar-refractivity contribution is 9.10. The van der Waals surface area contributed by atoms with Gasteiger partial charge in [0, 0.05) is 12.5 Å². The molecule has 1 amide bonds. The average Bonchev–Trinajstić information content (AvgIpc) is 2.39. The number of amides is 1. The molecule has 2 unspecified atom stereocenters. The van der Waals surface area contributed by atoms with E-state index in [1.165, 1.54) is 13.0 Å². The second-order valence-electron chi connectivity index (χ2n) is 4.84. The SMILES string of the molecule is CC(CNC(=O)C(C)Cc1ccc(F)c(Br)c1)C(=O)O. The van der Waals surface area contributed by atoms with Crippen LogP contribution in [0.2, 0.25) is 0 Å². The third-order valence-corrected chi connectivity index (χ3v) is 3.59. The summed E-state index contributed by atoms with van der Waals surface area (Å²) in [5.41, 5.74) is 0.840. The van der Waals surface area contributed by atoms with E-state index in [1.807, 2.05) is 0 Å². The van der Waals surface area contributed by atoms with Crippen LogP contribution in [0.4, 0.5) is 4.39 Å². The van der Waals surface area contributed by atoms with Gasteiger partial charge in [0.1, 0.15) is 5.82 Å². The summed E-state index contributed by atoms with van der Waals surface area (Å²) in [7, 11) is 0. The Balaban J connectivity index is 2.53. The molecule has 0 aliphatic carbocycles. The molecule has 0 bridgehead atoms. The Labute approximate surface area is 125 Å². The van der Waals surface area contributed by atoms with Gasteiger partial charge >= 0.3 is 5.97 Å². The first-order valence-electron chi connectivity index (χ1n) is 6.25. The van der Waals surface area contributed by atoms with Gasteiger partial charge in [0.2, 0.25) is 5.91 Å². The fraction of sp³-hybridized carbons (Fsp3) is 0.429. The zero-order valence-corrected chi connectivity index (χ0v) is 12.9. The first kappa shape index (κ1) is 16.6. The van der Waals surface area contributed by atoms with E-state index in [1.54, 1.807) is 19.1 Å². The Morgan fingerprint density at radius 2 is 2.00 bits per heavy atom. The van der Waals surface area contributed by atoms with E-state index < -0.39 is 11.9 Å². The summed E-state index contributed by atoms with van der Waals surface area (Å²) < 4.78 is 13.5. The number of carboxylic acid groups (broad SMARTS) is 1. The Morgan fingerprint density at radius 1 is 1.35 bits per heavy atom. The minimum absolute atomic E-state index is 0.103. The number of hydrogen-bond donors (Lipinski definition) is 2. The fourth-order valence-corrected chi connectivity index (χ4v) is 2.05. The van der Waals surface area contributed by atoms with Gasteiger partial charge in [-0.2, -0.15) is 0 Å². The molecule has 0 spiro atoms. The number of aliphatic carboxylic acids is 1. The van der Waals surface area contributed by atoms with Crippen LogP contribution in [0.3, 0.4) is 0 Å². The number of carbonyl (C=O) groups excluding carboxylic acids is 1. The summed E-state index contributed by atoms with van der Waals surface area (Å²) in [5.74, 6) is -2.43. The summed E-state index contributed by atoms with van der Waals surface area (Å²) in [6.45, 7) is 3.38. The average molecular weight is 346 g/mol. The number of carbonyl (C=O) groups is 2. The lowest BCUT2D eigenvalue weighted by atomic mass is 10.00. The van der Waals surface area contributed by atoms with Gasteiger partial charge in [0.25, 0.3) is 0 Å². The predicted octanol–water partition coefficient (Wildman–Crippen LogP) is 2.60.